The maximum absolute atomic E-state index is 10.7. The Labute approximate surface area is 110 Å². The highest BCUT2D eigenvalue weighted by molar-refractivity contribution is 7.86. The molecule has 0 saturated heterocycles. The molecule has 12 heteroatoms. The molecule has 1 rings (SSSR count). The number of rotatable bonds is 1. The Balaban J connectivity index is 0.000000362. The third-order valence-electron chi connectivity index (χ3n) is 1.98. The summed E-state index contributed by atoms with van der Waals surface area (Å²) in [7, 11) is -4.26. The Morgan fingerprint density at radius 2 is 1.68 bits per heavy atom. The number of thiazole rings is 1. The quantitative estimate of drug-likeness (QED) is 0.253. The predicted octanol–water partition coefficient (Wildman–Crippen LogP) is 1.15. The molecule has 0 aromatic carbocycles. The summed E-state index contributed by atoms with van der Waals surface area (Å²) in [5, 5.41) is 11.6. The fourth-order valence-electron chi connectivity index (χ4n) is 0.831. The highest BCUT2D eigenvalue weighted by Gasteiger charge is 2.36. The van der Waals surface area contributed by atoms with Crippen molar-refractivity contribution < 1.29 is 35.6 Å². The highest BCUT2D eigenvalue weighted by Crippen LogP contribution is 2.23. The van der Waals surface area contributed by atoms with Gasteiger partial charge in [0.1, 0.15) is 7.05 Å². The van der Waals surface area contributed by atoms with Gasteiger partial charge in [0, 0.05) is 25.2 Å². The molecule has 1 heterocycles. The van der Waals surface area contributed by atoms with E-state index in [1.54, 1.807) is 6.92 Å². The van der Waals surface area contributed by atoms with Gasteiger partial charge in [-0.25, -0.2) is 8.42 Å². The van der Waals surface area contributed by atoms with Crippen LogP contribution in [0.1, 0.15) is 10.7 Å². The molecule has 0 bridgehead atoms. The fourth-order valence-corrected chi connectivity index (χ4v) is 1.74. The third-order valence-corrected chi connectivity index (χ3v) is 3.75. The lowest BCUT2D eigenvalue weighted by atomic mass is 10.5. The molecule has 1 aromatic rings. The van der Waals surface area contributed by atoms with E-state index in [0.29, 0.717) is 0 Å². The smallest absolute Gasteiger partial charge is 0.485 e. The zero-order chi connectivity index (χ0) is 15.6. The third kappa shape index (κ3) is 4.72. The van der Waals surface area contributed by atoms with Gasteiger partial charge in [-0.15, -0.1) is 0 Å². The second-order valence-electron chi connectivity index (χ2n) is 3.23. The molecule has 110 valence electrons. The summed E-state index contributed by atoms with van der Waals surface area (Å²) >= 11 is 1.21. The van der Waals surface area contributed by atoms with E-state index in [-0.39, 0.29) is 9.92 Å². The Bertz CT molecular complexity index is 578. The summed E-state index contributed by atoms with van der Waals surface area (Å²) in [6, 6.07) is 0. The van der Waals surface area contributed by atoms with Crippen molar-refractivity contribution in [2.45, 2.75) is 19.4 Å². The van der Waals surface area contributed by atoms with Crippen LogP contribution in [0.15, 0.2) is 0 Å². The highest BCUT2D eigenvalue weighted by atomic mass is 32.2. The van der Waals surface area contributed by atoms with E-state index < -0.39 is 15.6 Å². The molecular weight excluding hydrogens is 313 g/mol. The average molecular weight is 322 g/mol. The van der Waals surface area contributed by atoms with Gasteiger partial charge in [0.25, 0.3) is 5.69 Å². The van der Waals surface area contributed by atoms with Crippen LogP contribution in [0.4, 0.5) is 18.2 Å². The predicted molar refractivity (Wildman–Crippen MR) is 57.4 cm³/mol. The summed E-state index contributed by atoms with van der Waals surface area (Å²) in [6.07, 6.45) is 0. The van der Waals surface area contributed by atoms with E-state index in [2.05, 4.69) is 0 Å². The zero-order valence-corrected chi connectivity index (χ0v) is 11.5. The number of nitrogens with zero attached hydrogens (tertiary/aromatic N) is 2. The monoisotopic (exact) mass is 322 g/mol. The van der Waals surface area contributed by atoms with Crippen molar-refractivity contribution in [1.29, 1.82) is 0 Å². The van der Waals surface area contributed by atoms with Crippen molar-refractivity contribution >= 4 is 26.5 Å². The number of aromatic nitrogens is 1. The first-order chi connectivity index (χ1) is 8.29. The minimum atomic E-state index is -6.09. The van der Waals surface area contributed by atoms with Gasteiger partial charge >= 0.3 is 10.5 Å². The van der Waals surface area contributed by atoms with Crippen molar-refractivity contribution in [2.24, 2.45) is 7.05 Å². The van der Waals surface area contributed by atoms with Crippen molar-refractivity contribution in [3.63, 3.8) is 0 Å². The molecule has 0 unspecified atom stereocenters. The zero-order valence-electron chi connectivity index (χ0n) is 9.89. The van der Waals surface area contributed by atoms with E-state index in [9.17, 15) is 23.3 Å². The number of alkyl halides is 3. The Hall–Kier alpha value is -1.27. The number of halogens is 3. The van der Waals surface area contributed by atoms with Gasteiger partial charge in [-0.1, -0.05) is 0 Å². The Kier molecular flexibility index (Phi) is 5.41. The van der Waals surface area contributed by atoms with Crippen LogP contribution in [0.25, 0.3) is 0 Å². The minimum absolute atomic E-state index is 0.241. The first kappa shape index (κ1) is 17.7. The van der Waals surface area contributed by atoms with Crippen LogP contribution < -0.4 is 4.57 Å². The Morgan fingerprint density at radius 3 is 1.79 bits per heavy atom. The topological polar surface area (TPSA) is 104 Å². The van der Waals surface area contributed by atoms with Gasteiger partial charge < -0.3 is 4.55 Å². The lowest BCUT2D eigenvalue weighted by Crippen LogP contribution is -2.31. The van der Waals surface area contributed by atoms with Gasteiger partial charge in [0.15, 0.2) is 10.1 Å². The molecule has 0 radical (unpaired) electrons. The van der Waals surface area contributed by atoms with E-state index >= 15 is 0 Å². The standard InChI is InChI=1S/C6H9N2O2S.CHF3O3S/c1-4-6(8(9)10)11-5(2)7(4)3;2-1(3,4)8(5,6)7/h1-3H3;(H,5,6,7)/q+1;/p-1. The molecule has 0 amide bonds. The van der Waals surface area contributed by atoms with E-state index in [1.807, 2.05) is 18.5 Å². The summed E-state index contributed by atoms with van der Waals surface area (Å²) in [5.41, 5.74) is -4.93. The van der Waals surface area contributed by atoms with Crippen LogP contribution in [0.2, 0.25) is 0 Å². The van der Waals surface area contributed by atoms with Crippen LogP contribution in [0, 0.1) is 24.0 Å². The van der Waals surface area contributed by atoms with Crippen molar-refractivity contribution in [3.8, 4) is 0 Å². The second-order valence-corrected chi connectivity index (χ2v) is 5.78. The van der Waals surface area contributed by atoms with Crippen LogP contribution >= 0.6 is 11.3 Å². The molecule has 0 spiro atoms. The van der Waals surface area contributed by atoms with Gasteiger partial charge in [-0.05, 0) is 0 Å². The molecule has 1 aromatic heterocycles. The number of hydrogen-bond donors (Lipinski definition) is 0. The molecule has 0 fully saturated rings. The molecule has 19 heavy (non-hydrogen) atoms. The SMILES string of the molecule is Cc1sc([N+](=O)[O-])c(C)[n+]1C.O=S(=O)([O-])C(F)(F)F. The molecule has 0 saturated carbocycles. The maximum atomic E-state index is 10.7. The first-order valence-corrected chi connectivity index (χ1v) is 6.64. The lowest BCUT2D eigenvalue weighted by Gasteiger charge is -2.08. The van der Waals surface area contributed by atoms with Crippen molar-refractivity contribution in [1.82, 2.24) is 0 Å². The molecule has 0 aliphatic heterocycles. The lowest BCUT2D eigenvalue weighted by molar-refractivity contribution is -0.680. The second kappa shape index (κ2) is 5.79. The van der Waals surface area contributed by atoms with Crippen molar-refractivity contribution in [3.05, 3.63) is 20.8 Å². The molecule has 0 aliphatic rings. The Morgan fingerprint density at radius 1 is 1.32 bits per heavy atom. The van der Waals surface area contributed by atoms with E-state index in [0.717, 1.165) is 10.7 Å². The van der Waals surface area contributed by atoms with Crippen LogP contribution in [0.3, 0.4) is 0 Å². The maximum Gasteiger partial charge on any atom is 0.485 e. The van der Waals surface area contributed by atoms with Crippen molar-refractivity contribution in [2.75, 3.05) is 0 Å². The van der Waals surface area contributed by atoms with Crippen LogP contribution in [-0.4, -0.2) is 23.4 Å². The average Bonchev–Trinajstić information content (AvgIpc) is 2.44. The summed E-state index contributed by atoms with van der Waals surface area (Å²) in [6.45, 7) is 3.62. The van der Waals surface area contributed by atoms with E-state index in [1.165, 1.54) is 11.3 Å². The summed E-state index contributed by atoms with van der Waals surface area (Å²) in [5.74, 6) is 0. The fraction of sp³-hybridized carbons (Fsp3) is 0.571. The number of hydrogen-bond acceptors (Lipinski definition) is 6. The number of nitro groups is 1. The van der Waals surface area contributed by atoms with Crippen LogP contribution in [0.5, 0.6) is 0 Å². The number of aryl methyl sites for hydroxylation is 1. The van der Waals surface area contributed by atoms with Crippen LogP contribution in [-0.2, 0) is 17.2 Å². The largest absolute Gasteiger partial charge is 0.741 e. The van der Waals surface area contributed by atoms with Gasteiger partial charge in [0.05, 0.1) is 4.92 Å². The molecule has 0 N–H and O–H groups in total. The molecule has 0 atom stereocenters. The van der Waals surface area contributed by atoms with E-state index in [4.69, 9.17) is 13.0 Å². The normalized spacial score (nSPS) is 11.7. The summed E-state index contributed by atoms with van der Waals surface area (Å²) < 4.78 is 60.7. The molecular formula is C7H9F3N2O5S2. The molecule has 0 aliphatic carbocycles. The van der Waals surface area contributed by atoms with Gasteiger partial charge in [0.2, 0.25) is 5.01 Å². The van der Waals surface area contributed by atoms with Gasteiger partial charge in [-0.2, -0.15) is 17.7 Å². The van der Waals surface area contributed by atoms with Gasteiger partial charge in [-0.3, -0.25) is 10.1 Å². The molecule has 7 nitrogen and oxygen atoms in total. The summed E-state index contributed by atoms with van der Waals surface area (Å²) in [4.78, 5) is 10.0. The first-order valence-electron chi connectivity index (χ1n) is 4.41. The minimum Gasteiger partial charge on any atom is -0.741 e.